The number of benzene rings is 1. The number of nitrogens with zero attached hydrogens (tertiary/aromatic N) is 1. The summed E-state index contributed by atoms with van der Waals surface area (Å²) < 4.78 is 55.6. The molecule has 1 aromatic carbocycles. The summed E-state index contributed by atoms with van der Waals surface area (Å²) in [5.41, 5.74) is 0.709. The van der Waals surface area contributed by atoms with Crippen LogP contribution in [0.15, 0.2) is 28.9 Å². The van der Waals surface area contributed by atoms with Gasteiger partial charge in [-0.15, -0.1) is 0 Å². The molecule has 6 nitrogen and oxygen atoms in total. The number of hydrogen-bond donors (Lipinski definition) is 2. The molecule has 2 N–H and O–H groups in total. The zero-order valence-electron chi connectivity index (χ0n) is 15.6. The number of aryl methyl sites for hydroxylation is 1. The Bertz CT molecular complexity index is 1210. The number of carbonyl (C=O) groups is 1. The summed E-state index contributed by atoms with van der Waals surface area (Å²) in [6.45, 7) is 3.51. The molecule has 0 unspecified atom stereocenters. The second-order valence-electron chi connectivity index (χ2n) is 6.61. The van der Waals surface area contributed by atoms with Crippen LogP contribution in [0.5, 0.6) is 0 Å². The van der Waals surface area contributed by atoms with Crippen LogP contribution in [0, 0.1) is 18.6 Å². The van der Waals surface area contributed by atoms with Crippen molar-refractivity contribution in [2.75, 3.05) is 10.5 Å². The van der Waals surface area contributed by atoms with E-state index in [-0.39, 0.29) is 12.2 Å². The maximum absolute atomic E-state index is 14.8. The molecule has 0 aliphatic carbocycles. The smallest absolute Gasteiger partial charge is 0.232 e. The molecule has 3 rings (SSSR count). The van der Waals surface area contributed by atoms with Crippen molar-refractivity contribution in [1.82, 2.24) is 9.97 Å². The van der Waals surface area contributed by atoms with Gasteiger partial charge in [0.25, 0.3) is 0 Å². The number of hydrogen-bond acceptors (Lipinski definition) is 4. The fraction of sp³-hybridized carbons (Fsp3) is 0.263. The minimum Gasteiger partial charge on any atom is -0.342 e. The second kappa shape index (κ2) is 8.19. The van der Waals surface area contributed by atoms with Crippen molar-refractivity contribution in [3.8, 4) is 0 Å². The number of pyridine rings is 1. The number of aromatic amines is 1. The van der Waals surface area contributed by atoms with Gasteiger partial charge in [-0.25, -0.2) is 22.2 Å². The number of aromatic nitrogens is 2. The SMILES string of the molecule is CCCS(=O)(=O)Nc1ccc(F)c(C(=O)Cc2cnc3[nH]c(C)c(Br)c3c2)c1F. The van der Waals surface area contributed by atoms with Crippen molar-refractivity contribution in [3.63, 3.8) is 0 Å². The van der Waals surface area contributed by atoms with E-state index in [9.17, 15) is 22.0 Å². The standard InChI is InChI=1S/C19H18BrF2N3O3S/c1-3-6-29(27,28)25-14-5-4-13(21)16(18(14)22)15(26)8-11-7-12-17(20)10(2)24-19(12)23-9-11/h4-5,7,9,25H,3,6,8H2,1-2H3,(H,23,24). The van der Waals surface area contributed by atoms with E-state index in [0.29, 0.717) is 17.6 Å². The molecule has 0 bridgehead atoms. The first-order chi connectivity index (χ1) is 13.6. The van der Waals surface area contributed by atoms with Gasteiger partial charge in [0.05, 0.1) is 17.0 Å². The van der Waals surface area contributed by atoms with E-state index in [1.54, 1.807) is 13.0 Å². The number of H-pyrrole nitrogens is 1. The number of nitrogens with one attached hydrogen (secondary N) is 2. The van der Waals surface area contributed by atoms with Crippen LogP contribution in [0.4, 0.5) is 14.5 Å². The van der Waals surface area contributed by atoms with Gasteiger partial charge in [-0.05, 0) is 53.0 Å². The van der Waals surface area contributed by atoms with Crippen molar-refractivity contribution in [2.45, 2.75) is 26.7 Å². The van der Waals surface area contributed by atoms with E-state index in [4.69, 9.17) is 0 Å². The predicted octanol–water partition coefficient (Wildman–Crippen LogP) is 4.49. The Morgan fingerprint density at radius 2 is 2.03 bits per heavy atom. The summed E-state index contributed by atoms with van der Waals surface area (Å²) in [5, 5.41) is 0.745. The van der Waals surface area contributed by atoms with Crippen LogP contribution < -0.4 is 4.72 Å². The van der Waals surface area contributed by atoms with Crippen molar-refractivity contribution < 1.29 is 22.0 Å². The lowest BCUT2D eigenvalue weighted by atomic mass is 10.0. The molecule has 2 aromatic heterocycles. The number of Topliss-reactive ketones (excluding diaryl/α,β-unsaturated/α-hetero) is 1. The molecule has 0 aliphatic rings. The fourth-order valence-electron chi connectivity index (χ4n) is 2.95. The summed E-state index contributed by atoms with van der Waals surface area (Å²) in [6.07, 6.45) is 1.48. The number of anilines is 1. The first kappa shape index (κ1) is 21.4. The monoisotopic (exact) mass is 485 g/mol. The molecule has 0 spiro atoms. The van der Waals surface area contributed by atoms with Crippen molar-refractivity contribution in [1.29, 1.82) is 0 Å². The third kappa shape index (κ3) is 4.48. The van der Waals surface area contributed by atoms with Crippen molar-refractivity contribution in [3.05, 3.63) is 57.3 Å². The topological polar surface area (TPSA) is 91.9 Å². The van der Waals surface area contributed by atoms with Gasteiger partial charge in [-0.1, -0.05) is 6.92 Å². The van der Waals surface area contributed by atoms with Crippen molar-refractivity contribution >= 4 is 48.5 Å². The van der Waals surface area contributed by atoms with E-state index in [1.165, 1.54) is 6.20 Å². The molecular formula is C19H18BrF2N3O3S. The summed E-state index contributed by atoms with van der Waals surface area (Å²) >= 11 is 3.43. The highest BCUT2D eigenvalue weighted by Crippen LogP contribution is 2.28. The Balaban J connectivity index is 1.93. The minimum absolute atomic E-state index is 0.219. The summed E-state index contributed by atoms with van der Waals surface area (Å²) in [5.74, 6) is -3.33. The maximum Gasteiger partial charge on any atom is 0.232 e. The van der Waals surface area contributed by atoms with Crippen LogP contribution in [0.2, 0.25) is 0 Å². The third-order valence-corrected chi connectivity index (χ3v) is 6.79. The lowest BCUT2D eigenvalue weighted by Gasteiger charge is -2.11. The summed E-state index contributed by atoms with van der Waals surface area (Å²) in [4.78, 5) is 19.9. The van der Waals surface area contributed by atoms with Crippen LogP contribution in [-0.4, -0.2) is 29.9 Å². The van der Waals surface area contributed by atoms with Gasteiger partial charge in [0.2, 0.25) is 10.0 Å². The molecule has 3 aromatic rings. The molecule has 0 atom stereocenters. The molecule has 10 heteroatoms. The minimum atomic E-state index is -3.79. The Morgan fingerprint density at radius 1 is 1.31 bits per heavy atom. The molecule has 154 valence electrons. The number of fused-ring (bicyclic) bond motifs is 1. The molecular weight excluding hydrogens is 468 g/mol. The zero-order valence-corrected chi connectivity index (χ0v) is 18.0. The molecule has 0 radical (unpaired) electrons. The van der Waals surface area contributed by atoms with Gasteiger partial charge in [0.15, 0.2) is 11.6 Å². The largest absolute Gasteiger partial charge is 0.342 e. The van der Waals surface area contributed by atoms with E-state index >= 15 is 0 Å². The molecule has 0 aliphatic heterocycles. The van der Waals surface area contributed by atoms with Gasteiger partial charge < -0.3 is 4.98 Å². The van der Waals surface area contributed by atoms with Gasteiger partial charge in [0.1, 0.15) is 11.5 Å². The van der Waals surface area contributed by atoms with Crippen LogP contribution in [0.3, 0.4) is 0 Å². The third-order valence-electron chi connectivity index (χ3n) is 4.29. The fourth-order valence-corrected chi connectivity index (χ4v) is 4.49. The first-order valence-electron chi connectivity index (χ1n) is 8.77. The van der Waals surface area contributed by atoms with Gasteiger partial charge in [0, 0.05) is 28.2 Å². The van der Waals surface area contributed by atoms with Gasteiger partial charge >= 0.3 is 0 Å². The highest BCUT2D eigenvalue weighted by Gasteiger charge is 2.23. The van der Waals surface area contributed by atoms with E-state index in [2.05, 4.69) is 30.6 Å². The Morgan fingerprint density at radius 3 is 2.72 bits per heavy atom. The number of rotatable bonds is 7. The molecule has 0 fully saturated rings. The Labute approximate surface area is 174 Å². The highest BCUT2D eigenvalue weighted by molar-refractivity contribution is 9.10. The number of halogens is 3. The molecule has 29 heavy (non-hydrogen) atoms. The lowest BCUT2D eigenvalue weighted by Crippen LogP contribution is -2.19. The second-order valence-corrected chi connectivity index (χ2v) is 9.24. The van der Waals surface area contributed by atoms with Crippen LogP contribution in [0.25, 0.3) is 11.0 Å². The normalized spacial score (nSPS) is 11.8. The van der Waals surface area contributed by atoms with Gasteiger partial charge in [-0.2, -0.15) is 0 Å². The predicted molar refractivity (Wildman–Crippen MR) is 111 cm³/mol. The number of carbonyl (C=O) groups excluding carboxylic acids is 1. The summed E-state index contributed by atoms with van der Waals surface area (Å²) in [7, 11) is -3.79. The van der Waals surface area contributed by atoms with Crippen LogP contribution in [0.1, 0.15) is 35.0 Å². The average molecular weight is 486 g/mol. The first-order valence-corrected chi connectivity index (χ1v) is 11.2. The Kier molecular flexibility index (Phi) is 6.04. The zero-order chi connectivity index (χ0) is 21.3. The van der Waals surface area contributed by atoms with Gasteiger partial charge in [-0.3, -0.25) is 9.52 Å². The summed E-state index contributed by atoms with van der Waals surface area (Å²) in [6, 6.07) is 3.53. The number of ketones is 1. The lowest BCUT2D eigenvalue weighted by molar-refractivity contribution is 0.0985. The van der Waals surface area contributed by atoms with E-state index in [1.807, 2.05) is 6.92 Å². The molecule has 0 saturated heterocycles. The average Bonchev–Trinajstić information content (AvgIpc) is 2.92. The van der Waals surface area contributed by atoms with Crippen LogP contribution in [-0.2, 0) is 16.4 Å². The highest BCUT2D eigenvalue weighted by atomic mass is 79.9. The number of sulfonamides is 1. The van der Waals surface area contributed by atoms with Crippen LogP contribution >= 0.6 is 15.9 Å². The quantitative estimate of drug-likeness (QED) is 0.482. The molecule has 2 heterocycles. The molecule has 0 amide bonds. The van der Waals surface area contributed by atoms with E-state index < -0.39 is 38.7 Å². The van der Waals surface area contributed by atoms with E-state index in [0.717, 1.165) is 27.7 Å². The van der Waals surface area contributed by atoms with Crippen molar-refractivity contribution in [2.24, 2.45) is 0 Å². The molecule has 0 saturated carbocycles. The maximum atomic E-state index is 14.8. The Hall–Kier alpha value is -2.33.